The Balaban J connectivity index is 2.54. The molecule has 5 nitrogen and oxygen atoms in total. The van der Waals surface area contributed by atoms with Crippen LogP contribution >= 0.6 is 0 Å². The lowest BCUT2D eigenvalue weighted by atomic mass is 9.93. The number of nitrogens with one attached hydrogen (secondary N) is 1. The molecule has 0 saturated heterocycles. The fraction of sp³-hybridized carbons (Fsp3) is 0.167. The summed E-state index contributed by atoms with van der Waals surface area (Å²) in [5, 5.41) is 6.76. The third-order valence-corrected chi connectivity index (χ3v) is 2.64. The van der Waals surface area contributed by atoms with E-state index in [0.717, 1.165) is 0 Å². The van der Waals surface area contributed by atoms with E-state index in [1.165, 1.54) is 12.3 Å². The molecule has 0 aliphatic heterocycles. The van der Waals surface area contributed by atoms with Crippen LogP contribution in [0.2, 0.25) is 0 Å². The van der Waals surface area contributed by atoms with Crippen molar-refractivity contribution >= 4 is 19.5 Å². The summed E-state index contributed by atoms with van der Waals surface area (Å²) in [4.78, 5) is 10.9. The van der Waals surface area contributed by atoms with E-state index in [1.807, 2.05) is 0 Å². The molecule has 0 aliphatic rings. The van der Waals surface area contributed by atoms with Crippen molar-refractivity contribution in [3.05, 3.63) is 35.9 Å². The summed E-state index contributed by atoms with van der Waals surface area (Å²) in [6.45, 7) is 1.73. The zero-order chi connectivity index (χ0) is 15.5. The summed E-state index contributed by atoms with van der Waals surface area (Å²) in [6.07, 6.45) is -0.993. The van der Waals surface area contributed by atoms with Crippen LogP contribution in [0, 0.1) is 12.3 Å². The number of nitrogens with zero attached hydrogens (tertiary/aromatic N) is 3. The molecule has 2 aromatic rings. The van der Waals surface area contributed by atoms with Gasteiger partial charge in [0.2, 0.25) is 5.82 Å². The summed E-state index contributed by atoms with van der Waals surface area (Å²) >= 11 is 0. The lowest BCUT2D eigenvalue weighted by Gasteiger charge is -2.11. The quantitative estimate of drug-likeness (QED) is 0.526. The molecule has 0 unspecified atom stereocenters. The van der Waals surface area contributed by atoms with Crippen molar-refractivity contribution in [1.82, 2.24) is 15.0 Å². The van der Waals surface area contributed by atoms with Gasteiger partial charge in [0.05, 0.1) is 11.3 Å². The molecule has 1 N–H and O–H groups in total. The van der Waals surface area contributed by atoms with Crippen LogP contribution in [0.3, 0.4) is 0 Å². The van der Waals surface area contributed by atoms with Gasteiger partial charge in [0, 0.05) is 18.0 Å². The van der Waals surface area contributed by atoms with Crippen molar-refractivity contribution in [2.24, 2.45) is 0 Å². The summed E-state index contributed by atoms with van der Waals surface area (Å²) in [7, 11) is -0.230. The van der Waals surface area contributed by atoms with Crippen molar-refractivity contribution < 1.29 is 17.8 Å². The lowest BCUT2D eigenvalue weighted by molar-refractivity contribution is -0.144. The highest BCUT2D eigenvalue weighted by Gasteiger charge is 2.35. The summed E-state index contributed by atoms with van der Waals surface area (Å²) < 4.78 is 43.3. The van der Waals surface area contributed by atoms with Crippen LogP contribution in [0.15, 0.2) is 24.5 Å². The van der Waals surface area contributed by atoms with E-state index < -0.39 is 12.0 Å². The Labute approximate surface area is 119 Å². The van der Waals surface area contributed by atoms with E-state index in [0.29, 0.717) is 17.5 Å². The molecule has 0 spiro atoms. The lowest BCUT2D eigenvalue weighted by Crippen LogP contribution is -2.26. The smallest absolute Gasteiger partial charge is 0.451 e. The molecule has 0 radical (unpaired) electrons. The van der Waals surface area contributed by atoms with Gasteiger partial charge in [-0.05, 0) is 24.6 Å². The molecule has 0 amide bonds. The number of pyridine rings is 1. The van der Waals surface area contributed by atoms with E-state index in [2.05, 4.69) is 19.6 Å². The number of aromatic nitrogens is 3. The van der Waals surface area contributed by atoms with Gasteiger partial charge in [-0.1, -0.05) is 0 Å². The Kier molecular flexibility index (Phi) is 4.20. The van der Waals surface area contributed by atoms with Gasteiger partial charge in [0.25, 0.3) is 0 Å². The Morgan fingerprint density at radius 2 is 2.10 bits per heavy atom. The van der Waals surface area contributed by atoms with Crippen LogP contribution in [0.1, 0.15) is 11.4 Å². The Bertz CT molecular complexity index is 663. The molecule has 0 aromatic carbocycles. The molecular formula is C12H10BF3N4O. The van der Waals surface area contributed by atoms with Crippen molar-refractivity contribution in [2.75, 3.05) is 0 Å². The fourth-order valence-electron chi connectivity index (χ4n) is 1.72. The molecule has 0 aliphatic carbocycles. The SMILES string of the molecule is Cc1cnccc1-c1cc(BOC=N)nc(C(F)(F)F)n1. The maximum atomic E-state index is 12.9. The number of hydrogen-bond donors (Lipinski definition) is 1. The third kappa shape index (κ3) is 3.56. The normalized spacial score (nSPS) is 11.0. The third-order valence-electron chi connectivity index (χ3n) is 2.64. The molecular weight excluding hydrogens is 284 g/mol. The number of halogens is 3. The van der Waals surface area contributed by atoms with Gasteiger partial charge in [0.15, 0.2) is 0 Å². The average molecular weight is 294 g/mol. The Hall–Kier alpha value is -2.45. The minimum absolute atomic E-state index is 0.0482. The fourth-order valence-corrected chi connectivity index (χ4v) is 1.72. The minimum Gasteiger partial charge on any atom is -0.550 e. The second kappa shape index (κ2) is 5.90. The van der Waals surface area contributed by atoms with E-state index in [1.54, 1.807) is 19.2 Å². The van der Waals surface area contributed by atoms with Crippen molar-refractivity contribution in [3.63, 3.8) is 0 Å². The molecule has 0 saturated carbocycles. The van der Waals surface area contributed by atoms with Crippen LogP contribution in [-0.4, -0.2) is 28.8 Å². The molecule has 21 heavy (non-hydrogen) atoms. The van der Waals surface area contributed by atoms with Crippen LogP contribution in [0.4, 0.5) is 13.2 Å². The van der Waals surface area contributed by atoms with Crippen LogP contribution in [-0.2, 0) is 10.8 Å². The topological polar surface area (TPSA) is 71.8 Å². The zero-order valence-corrected chi connectivity index (χ0v) is 11.0. The molecule has 108 valence electrons. The van der Waals surface area contributed by atoms with Gasteiger partial charge in [-0.15, -0.1) is 0 Å². The van der Waals surface area contributed by atoms with E-state index >= 15 is 0 Å². The van der Waals surface area contributed by atoms with Crippen molar-refractivity contribution in [1.29, 1.82) is 5.41 Å². The monoisotopic (exact) mass is 294 g/mol. The van der Waals surface area contributed by atoms with Gasteiger partial charge < -0.3 is 4.65 Å². The molecule has 2 aromatic heterocycles. The second-order valence-corrected chi connectivity index (χ2v) is 4.19. The van der Waals surface area contributed by atoms with Gasteiger partial charge in [0.1, 0.15) is 6.40 Å². The predicted octanol–water partition coefficient (Wildman–Crippen LogP) is 1.47. The van der Waals surface area contributed by atoms with E-state index in [-0.39, 0.29) is 18.8 Å². The van der Waals surface area contributed by atoms with Crippen molar-refractivity contribution in [2.45, 2.75) is 13.1 Å². The Morgan fingerprint density at radius 3 is 2.71 bits per heavy atom. The number of aryl methyl sites for hydroxylation is 1. The van der Waals surface area contributed by atoms with E-state index in [9.17, 15) is 13.2 Å². The number of alkyl halides is 3. The van der Waals surface area contributed by atoms with Crippen LogP contribution in [0.25, 0.3) is 11.3 Å². The first kappa shape index (κ1) is 15.0. The molecule has 2 heterocycles. The first-order chi connectivity index (χ1) is 9.91. The zero-order valence-electron chi connectivity index (χ0n) is 11.0. The predicted molar refractivity (Wildman–Crippen MR) is 71.7 cm³/mol. The van der Waals surface area contributed by atoms with E-state index in [4.69, 9.17) is 5.41 Å². The van der Waals surface area contributed by atoms with Gasteiger partial charge in [-0.25, -0.2) is 9.97 Å². The van der Waals surface area contributed by atoms with Gasteiger partial charge >= 0.3 is 13.7 Å². The first-order valence-electron chi connectivity index (χ1n) is 5.88. The summed E-state index contributed by atoms with van der Waals surface area (Å²) in [5.41, 5.74) is 1.42. The molecule has 0 atom stereocenters. The molecule has 0 fully saturated rings. The largest absolute Gasteiger partial charge is 0.550 e. The molecule has 0 bridgehead atoms. The maximum absolute atomic E-state index is 12.9. The highest BCUT2D eigenvalue weighted by Crippen LogP contribution is 2.27. The highest BCUT2D eigenvalue weighted by atomic mass is 19.4. The number of hydrogen-bond acceptors (Lipinski definition) is 5. The average Bonchev–Trinajstić information content (AvgIpc) is 2.44. The second-order valence-electron chi connectivity index (χ2n) is 4.19. The van der Waals surface area contributed by atoms with Gasteiger partial charge in [-0.2, -0.15) is 13.2 Å². The standard InChI is InChI=1S/C12H10BF3N4O/c1-7-5-18-3-2-8(7)9-4-10(13-21-6-17)20-11(19-9)12(14,15)16/h2-6,13,17H,1H3. The first-order valence-corrected chi connectivity index (χ1v) is 5.88. The van der Waals surface area contributed by atoms with Crippen LogP contribution < -0.4 is 5.59 Å². The van der Waals surface area contributed by atoms with Gasteiger partial charge in [-0.3, -0.25) is 10.4 Å². The van der Waals surface area contributed by atoms with Crippen LogP contribution in [0.5, 0.6) is 0 Å². The maximum Gasteiger partial charge on any atom is 0.451 e. The van der Waals surface area contributed by atoms with Crippen molar-refractivity contribution in [3.8, 4) is 11.3 Å². The number of rotatable bonds is 4. The highest BCUT2D eigenvalue weighted by molar-refractivity contribution is 6.47. The molecule has 9 heteroatoms. The Morgan fingerprint density at radius 1 is 1.33 bits per heavy atom. The minimum atomic E-state index is -4.66. The molecule has 2 rings (SSSR count). The summed E-state index contributed by atoms with van der Waals surface area (Å²) in [5.74, 6) is -1.24. The summed E-state index contributed by atoms with van der Waals surface area (Å²) in [6, 6.07) is 2.99.